The van der Waals surface area contributed by atoms with Crippen molar-refractivity contribution in [3.8, 4) is 0 Å². The van der Waals surface area contributed by atoms with Gasteiger partial charge in [0.15, 0.2) is 0 Å². The van der Waals surface area contributed by atoms with E-state index >= 15 is 0 Å². The van der Waals surface area contributed by atoms with Crippen LogP contribution in [0.4, 0.5) is 5.69 Å². The van der Waals surface area contributed by atoms with Crippen LogP contribution in [0.1, 0.15) is 32.8 Å². The van der Waals surface area contributed by atoms with Crippen LogP contribution in [0.15, 0.2) is 24.3 Å². The zero-order chi connectivity index (χ0) is 24.9. The molecule has 0 radical (unpaired) electrons. The van der Waals surface area contributed by atoms with Crippen molar-refractivity contribution in [1.29, 1.82) is 0 Å². The van der Waals surface area contributed by atoms with E-state index in [0.717, 1.165) is 19.6 Å². The maximum Gasteiger partial charge on any atom is 0.265 e. The monoisotopic (exact) mass is 489 g/mol. The van der Waals surface area contributed by atoms with Gasteiger partial charge in [-0.05, 0) is 45.4 Å². The lowest BCUT2D eigenvalue weighted by atomic mass is 10.2. The molecule has 192 valence electrons. The molecule has 1 aromatic carbocycles. The molecule has 0 aliphatic heterocycles. The van der Waals surface area contributed by atoms with Crippen molar-refractivity contribution < 1.29 is 31.7 Å². The molecular formula is C24H45N2O6S+. The van der Waals surface area contributed by atoms with Gasteiger partial charge in [0.1, 0.15) is 6.54 Å². The molecule has 9 heteroatoms. The molecule has 1 N–H and O–H groups in total. The fourth-order valence-corrected chi connectivity index (χ4v) is 3.91. The second kappa shape index (κ2) is 14.9. The van der Waals surface area contributed by atoms with Crippen LogP contribution in [0.3, 0.4) is 0 Å². The molecule has 0 amide bonds. The summed E-state index contributed by atoms with van der Waals surface area (Å²) in [6, 6.07) is 8.47. The van der Waals surface area contributed by atoms with Crippen molar-refractivity contribution in [1.82, 2.24) is 0 Å². The van der Waals surface area contributed by atoms with Gasteiger partial charge in [-0.1, -0.05) is 12.1 Å². The number of rotatable bonds is 18. The zero-order valence-electron chi connectivity index (χ0n) is 21.3. The molecule has 0 saturated heterocycles. The molecule has 0 fully saturated rings. The number of aryl methyl sites for hydroxylation is 1. The molecular weight excluding hydrogens is 444 g/mol. The van der Waals surface area contributed by atoms with E-state index in [2.05, 4.69) is 43.0 Å². The Balaban J connectivity index is 2.43. The van der Waals surface area contributed by atoms with Crippen LogP contribution in [0.2, 0.25) is 0 Å². The molecule has 1 rings (SSSR count). The van der Waals surface area contributed by atoms with E-state index in [1.54, 1.807) is 0 Å². The molecule has 33 heavy (non-hydrogen) atoms. The molecule has 0 aromatic heterocycles. The lowest BCUT2D eigenvalue weighted by Crippen LogP contribution is -2.43. The van der Waals surface area contributed by atoms with E-state index in [9.17, 15) is 8.42 Å². The van der Waals surface area contributed by atoms with Gasteiger partial charge in [-0.3, -0.25) is 4.55 Å². The van der Waals surface area contributed by atoms with Crippen LogP contribution >= 0.6 is 0 Å². The summed E-state index contributed by atoms with van der Waals surface area (Å²) < 4.78 is 48.9. The maximum atomic E-state index is 10.9. The highest BCUT2D eigenvalue weighted by Crippen LogP contribution is 2.17. The number of quaternary nitrogens is 1. The summed E-state index contributed by atoms with van der Waals surface area (Å²) >= 11 is 0. The predicted molar refractivity (Wildman–Crippen MR) is 134 cm³/mol. The summed E-state index contributed by atoms with van der Waals surface area (Å²) in [7, 11) is 0.143. The Morgan fingerprint density at radius 3 is 2.42 bits per heavy atom. The number of hydrogen-bond donors (Lipinski definition) is 1. The topological polar surface area (TPSA) is 85.3 Å². The molecule has 1 aromatic rings. The van der Waals surface area contributed by atoms with Crippen LogP contribution < -0.4 is 4.90 Å². The molecule has 8 nitrogen and oxygen atoms in total. The minimum absolute atomic E-state index is 0.0656. The van der Waals surface area contributed by atoms with Gasteiger partial charge in [-0.25, -0.2) is 0 Å². The van der Waals surface area contributed by atoms with E-state index in [1.165, 1.54) is 11.3 Å². The van der Waals surface area contributed by atoms with E-state index in [4.69, 9.17) is 18.8 Å². The Morgan fingerprint density at radius 1 is 1.09 bits per heavy atom. The second-order valence-corrected chi connectivity index (χ2v) is 11.0. The summed E-state index contributed by atoms with van der Waals surface area (Å²) in [6.45, 7) is 13.4. The van der Waals surface area contributed by atoms with Crippen molar-refractivity contribution in [2.45, 2.75) is 46.3 Å². The minimum atomic E-state index is -3.90. The van der Waals surface area contributed by atoms with Crippen LogP contribution in [0.5, 0.6) is 0 Å². The van der Waals surface area contributed by atoms with Crippen molar-refractivity contribution in [3.05, 3.63) is 29.8 Å². The van der Waals surface area contributed by atoms with Crippen LogP contribution in [-0.4, -0.2) is 102 Å². The van der Waals surface area contributed by atoms with Gasteiger partial charge in [0, 0.05) is 25.2 Å². The summed E-state index contributed by atoms with van der Waals surface area (Å²) in [5, 5.41) is 0. The number of ether oxygens (including phenoxy) is 3. The van der Waals surface area contributed by atoms with Crippen molar-refractivity contribution in [2.75, 3.05) is 77.4 Å². The van der Waals surface area contributed by atoms with Gasteiger partial charge in [0.25, 0.3) is 10.1 Å². The summed E-state index contributed by atoms with van der Waals surface area (Å²) in [5.74, 6) is -0.208. The first-order valence-corrected chi connectivity index (χ1v) is 13.4. The number of hydrogen-bond acceptors (Lipinski definition) is 6. The summed E-state index contributed by atoms with van der Waals surface area (Å²) in [4.78, 5) is 2.30. The molecule has 0 heterocycles. The van der Waals surface area contributed by atoms with Gasteiger partial charge in [0.05, 0.1) is 65.0 Å². The minimum Gasteiger partial charge on any atom is -0.376 e. The van der Waals surface area contributed by atoms with E-state index in [1.807, 2.05) is 27.9 Å². The normalized spacial score (nSPS) is 13.5. The first kappa shape index (κ1) is 29.8. The first-order chi connectivity index (χ1) is 15.4. The Morgan fingerprint density at radius 2 is 1.82 bits per heavy atom. The fourth-order valence-electron chi connectivity index (χ4n) is 3.42. The SMILES string of the molecule is CCN(CC(COC(C)C)OCCOCC[N+](C)(C)CCCS(=O)(=O)O)c1cccc(C)c1. The number of nitrogens with zero attached hydrogens (tertiary/aromatic N) is 2. The maximum absolute atomic E-state index is 10.9. The van der Waals surface area contributed by atoms with E-state index in [0.29, 0.717) is 43.9 Å². The van der Waals surface area contributed by atoms with Crippen molar-refractivity contribution in [2.24, 2.45) is 0 Å². The average molecular weight is 490 g/mol. The third kappa shape index (κ3) is 14.6. The van der Waals surface area contributed by atoms with Crippen molar-refractivity contribution in [3.63, 3.8) is 0 Å². The summed E-state index contributed by atoms with van der Waals surface area (Å²) in [5.41, 5.74) is 2.41. The largest absolute Gasteiger partial charge is 0.376 e. The molecule has 0 aliphatic rings. The highest BCUT2D eigenvalue weighted by atomic mass is 32.2. The molecule has 0 saturated carbocycles. The summed E-state index contributed by atoms with van der Waals surface area (Å²) in [6.07, 6.45) is 0.493. The molecule has 1 unspecified atom stereocenters. The zero-order valence-corrected chi connectivity index (χ0v) is 22.1. The number of benzene rings is 1. The molecule has 0 aliphatic carbocycles. The van der Waals surface area contributed by atoms with E-state index in [-0.39, 0.29) is 18.0 Å². The molecule has 0 bridgehead atoms. The third-order valence-corrected chi connectivity index (χ3v) is 6.18. The van der Waals surface area contributed by atoms with Crippen molar-refractivity contribution >= 4 is 15.8 Å². The highest BCUT2D eigenvalue weighted by molar-refractivity contribution is 7.85. The Labute approximate surface area is 201 Å². The number of anilines is 1. The lowest BCUT2D eigenvalue weighted by molar-refractivity contribution is -0.890. The highest BCUT2D eigenvalue weighted by Gasteiger charge is 2.18. The van der Waals surface area contributed by atoms with E-state index < -0.39 is 10.1 Å². The Hall–Kier alpha value is -1.23. The average Bonchev–Trinajstić information content (AvgIpc) is 2.70. The van der Waals surface area contributed by atoms with Crippen LogP contribution in [0, 0.1) is 6.92 Å². The second-order valence-electron chi connectivity index (χ2n) is 9.39. The standard InChI is InChI=1S/C24H44N2O6S/c1-7-25(23-11-8-10-22(4)18-23)19-24(20-32-21(2)3)31-16-15-30-14-13-26(5,6)12-9-17-33(27,28)29/h8,10-11,18,21,24H,7,9,12-17,19-20H2,1-6H3/p+1. The molecule has 1 atom stereocenters. The first-order valence-electron chi connectivity index (χ1n) is 11.8. The van der Waals surface area contributed by atoms with Gasteiger partial charge in [0.2, 0.25) is 0 Å². The van der Waals surface area contributed by atoms with Crippen LogP contribution in [0.25, 0.3) is 0 Å². The fraction of sp³-hybridized carbons (Fsp3) is 0.750. The lowest BCUT2D eigenvalue weighted by Gasteiger charge is -2.30. The number of likely N-dealkylation sites (N-methyl/N-ethyl adjacent to an activating group) is 2. The molecule has 0 spiro atoms. The smallest absolute Gasteiger partial charge is 0.265 e. The quantitative estimate of drug-likeness (QED) is 0.193. The van der Waals surface area contributed by atoms with Crippen LogP contribution in [-0.2, 0) is 24.3 Å². The van der Waals surface area contributed by atoms with Gasteiger partial charge in [-0.2, -0.15) is 8.42 Å². The third-order valence-electron chi connectivity index (χ3n) is 5.38. The van der Waals surface area contributed by atoms with Gasteiger partial charge >= 0.3 is 0 Å². The Kier molecular flexibility index (Phi) is 13.5. The van der Waals surface area contributed by atoms with Gasteiger partial charge in [-0.15, -0.1) is 0 Å². The predicted octanol–water partition coefficient (Wildman–Crippen LogP) is 3.00. The Bertz CT molecular complexity index is 770. The van der Waals surface area contributed by atoms with Gasteiger partial charge < -0.3 is 23.6 Å².